The van der Waals surface area contributed by atoms with Crippen LogP contribution in [-0.2, 0) is 0 Å². The molecule has 0 saturated carbocycles. The number of hydrogen-bond acceptors (Lipinski definition) is 2. The minimum absolute atomic E-state index is 0.868. The molecule has 0 saturated heterocycles. The Morgan fingerprint density at radius 3 is 3.00 bits per heavy atom. The van der Waals surface area contributed by atoms with Crippen molar-refractivity contribution in [1.82, 2.24) is 4.98 Å². The van der Waals surface area contributed by atoms with Crippen molar-refractivity contribution in [2.45, 2.75) is 0 Å². The molecule has 0 radical (unpaired) electrons. The van der Waals surface area contributed by atoms with Crippen LogP contribution in [0, 0.1) is 0 Å². The van der Waals surface area contributed by atoms with Crippen LogP contribution in [0.1, 0.15) is 5.56 Å². The first kappa shape index (κ1) is 10.3. The molecule has 0 spiro atoms. The van der Waals surface area contributed by atoms with Crippen LogP contribution in [0.3, 0.4) is 0 Å². The molecule has 0 aliphatic carbocycles. The molecule has 80 valence electrons. The summed E-state index contributed by atoms with van der Waals surface area (Å²) in [5, 5.41) is 1.15. The van der Waals surface area contributed by atoms with E-state index in [-0.39, 0.29) is 0 Å². The first-order valence-electron chi connectivity index (χ1n) is 4.94. The summed E-state index contributed by atoms with van der Waals surface area (Å²) in [4.78, 5) is 4.38. The molecule has 0 amide bonds. The lowest BCUT2D eigenvalue weighted by molar-refractivity contribution is 1.22. The Balaban J connectivity index is 2.46. The molecule has 1 aromatic carbocycles. The van der Waals surface area contributed by atoms with Gasteiger partial charge in [0.25, 0.3) is 0 Å². The van der Waals surface area contributed by atoms with Crippen LogP contribution in [0.2, 0.25) is 0 Å². The number of hydrogen-bond donors (Lipinski definition) is 0. The van der Waals surface area contributed by atoms with Crippen molar-refractivity contribution in [3.63, 3.8) is 0 Å². The van der Waals surface area contributed by atoms with Gasteiger partial charge in [-0.05, 0) is 33.6 Å². The van der Waals surface area contributed by atoms with Gasteiger partial charge >= 0.3 is 0 Å². The summed E-state index contributed by atoms with van der Waals surface area (Å²) in [6, 6.07) is 6.12. The summed E-state index contributed by atoms with van der Waals surface area (Å²) in [6.07, 6.45) is 6.09. The molecule has 2 heterocycles. The van der Waals surface area contributed by atoms with Gasteiger partial charge in [-0.15, -0.1) is 0 Å². The highest BCUT2D eigenvalue weighted by Gasteiger charge is 2.16. The summed E-state index contributed by atoms with van der Waals surface area (Å²) >= 11 is 7.17. The van der Waals surface area contributed by atoms with Gasteiger partial charge in [-0.1, -0.05) is 18.2 Å². The molecule has 1 aromatic heterocycles. The van der Waals surface area contributed by atoms with Gasteiger partial charge in [0.1, 0.15) is 0 Å². The van der Waals surface area contributed by atoms with Gasteiger partial charge in [-0.25, -0.2) is 0 Å². The number of halogens is 2. The number of anilines is 1. The maximum Gasteiger partial charge on any atom is 0.0734 e. The highest BCUT2D eigenvalue weighted by Crippen LogP contribution is 2.38. The normalized spacial score (nSPS) is 14.2. The lowest BCUT2D eigenvalue weighted by Crippen LogP contribution is -2.14. The highest BCUT2D eigenvalue weighted by atomic mass is 79.9. The van der Waals surface area contributed by atoms with Gasteiger partial charge < -0.3 is 3.93 Å². The Labute approximate surface area is 110 Å². The predicted octanol–water partition coefficient (Wildman–Crippen LogP) is 4.14. The molecule has 0 bridgehead atoms. The van der Waals surface area contributed by atoms with E-state index in [1.165, 1.54) is 11.3 Å². The molecular weight excluding hydrogens is 332 g/mol. The fourth-order valence-corrected chi connectivity index (χ4v) is 3.02. The van der Waals surface area contributed by atoms with Gasteiger partial charge in [0.15, 0.2) is 0 Å². The standard InChI is InChI=1S/C12H8Br2N2/c13-9-5-6-15-10-4-3-8-2-1-7-16(14)12(8)11(9)10/h1-6H,7H2. The van der Waals surface area contributed by atoms with Crippen LogP contribution >= 0.6 is 32.1 Å². The van der Waals surface area contributed by atoms with Crippen LogP contribution in [0.25, 0.3) is 17.0 Å². The summed E-state index contributed by atoms with van der Waals surface area (Å²) in [6.45, 7) is 0.868. The van der Waals surface area contributed by atoms with Crippen LogP contribution < -0.4 is 3.93 Å². The number of fused-ring (bicyclic) bond motifs is 3. The average Bonchev–Trinajstić information content (AvgIpc) is 2.29. The second-order valence-electron chi connectivity index (χ2n) is 3.64. The highest BCUT2D eigenvalue weighted by molar-refractivity contribution is 9.10. The molecule has 2 aromatic rings. The van der Waals surface area contributed by atoms with Gasteiger partial charge in [0, 0.05) is 38.7 Å². The van der Waals surface area contributed by atoms with E-state index in [1.807, 2.05) is 12.3 Å². The van der Waals surface area contributed by atoms with Crippen molar-refractivity contribution in [3.05, 3.63) is 40.5 Å². The quantitative estimate of drug-likeness (QED) is 0.670. The van der Waals surface area contributed by atoms with Crippen molar-refractivity contribution in [3.8, 4) is 0 Å². The lowest BCUT2D eigenvalue weighted by Gasteiger charge is -2.23. The Hall–Kier alpha value is -0.870. The van der Waals surface area contributed by atoms with E-state index in [2.05, 4.69) is 65.3 Å². The van der Waals surface area contributed by atoms with E-state index in [4.69, 9.17) is 0 Å². The van der Waals surface area contributed by atoms with E-state index in [0.717, 1.165) is 21.9 Å². The lowest BCUT2D eigenvalue weighted by atomic mass is 10.0. The zero-order valence-electron chi connectivity index (χ0n) is 8.32. The number of pyridine rings is 1. The number of rotatable bonds is 0. The molecule has 0 unspecified atom stereocenters. The van der Waals surface area contributed by atoms with Gasteiger partial charge in [0.2, 0.25) is 0 Å². The topological polar surface area (TPSA) is 16.1 Å². The third kappa shape index (κ3) is 1.48. The van der Waals surface area contributed by atoms with Gasteiger partial charge in [-0.2, -0.15) is 0 Å². The minimum Gasteiger partial charge on any atom is -0.304 e. The molecule has 1 aliphatic rings. The summed E-state index contributed by atoms with van der Waals surface area (Å²) in [7, 11) is 0. The molecular formula is C12H8Br2N2. The summed E-state index contributed by atoms with van der Waals surface area (Å²) in [5.41, 5.74) is 3.40. The fourth-order valence-electron chi connectivity index (χ4n) is 1.97. The molecule has 1 aliphatic heterocycles. The van der Waals surface area contributed by atoms with E-state index < -0.39 is 0 Å². The van der Waals surface area contributed by atoms with E-state index >= 15 is 0 Å². The molecule has 4 heteroatoms. The Bertz CT molecular complexity index is 593. The third-order valence-electron chi connectivity index (χ3n) is 2.67. The number of aromatic nitrogens is 1. The maximum absolute atomic E-state index is 4.38. The van der Waals surface area contributed by atoms with Crippen molar-refractivity contribution in [2.75, 3.05) is 10.5 Å². The SMILES string of the molecule is Brc1ccnc2ccc3c(c12)N(Br)CC=C3. The first-order chi connectivity index (χ1) is 7.77. The van der Waals surface area contributed by atoms with Gasteiger partial charge in [-0.3, -0.25) is 4.98 Å². The molecule has 3 rings (SSSR count). The largest absolute Gasteiger partial charge is 0.304 e. The second-order valence-corrected chi connectivity index (χ2v) is 5.35. The van der Waals surface area contributed by atoms with E-state index in [0.29, 0.717) is 0 Å². The average molecular weight is 340 g/mol. The predicted molar refractivity (Wildman–Crippen MR) is 74.8 cm³/mol. The van der Waals surface area contributed by atoms with Crippen LogP contribution in [0.5, 0.6) is 0 Å². The first-order valence-corrected chi connectivity index (χ1v) is 6.44. The molecule has 0 N–H and O–H groups in total. The monoisotopic (exact) mass is 338 g/mol. The van der Waals surface area contributed by atoms with Crippen LogP contribution in [0.15, 0.2) is 34.9 Å². The van der Waals surface area contributed by atoms with Crippen LogP contribution in [-0.4, -0.2) is 11.5 Å². The second kappa shape index (κ2) is 3.86. The molecule has 0 atom stereocenters. The number of benzene rings is 1. The maximum atomic E-state index is 4.38. The van der Waals surface area contributed by atoms with Crippen molar-refractivity contribution in [1.29, 1.82) is 0 Å². The van der Waals surface area contributed by atoms with Gasteiger partial charge in [0.05, 0.1) is 11.2 Å². The Morgan fingerprint density at radius 1 is 1.25 bits per heavy atom. The van der Waals surface area contributed by atoms with E-state index in [1.54, 1.807) is 0 Å². The molecule has 0 fully saturated rings. The van der Waals surface area contributed by atoms with Crippen molar-refractivity contribution in [2.24, 2.45) is 0 Å². The van der Waals surface area contributed by atoms with Crippen molar-refractivity contribution >= 4 is 54.7 Å². The summed E-state index contributed by atoms with van der Waals surface area (Å²) < 4.78 is 3.14. The third-order valence-corrected chi connectivity index (χ3v) is 3.97. The summed E-state index contributed by atoms with van der Waals surface area (Å²) in [5.74, 6) is 0. The fraction of sp³-hybridized carbons (Fsp3) is 0.0833. The van der Waals surface area contributed by atoms with E-state index in [9.17, 15) is 0 Å². The molecule has 2 nitrogen and oxygen atoms in total. The molecule has 16 heavy (non-hydrogen) atoms. The van der Waals surface area contributed by atoms with Crippen LogP contribution in [0.4, 0.5) is 5.69 Å². The zero-order chi connectivity index (χ0) is 11.1. The van der Waals surface area contributed by atoms with Crippen molar-refractivity contribution < 1.29 is 0 Å². The Kier molecular flexibility index (Phi) is 2.48. The smallest absolute Gasteiger partial charge is 0.0734 e. The minimum atomic E-state index is 0.868. The Morgan fingerprint density at radius 2 is 2.12 bits per heavy atom. The zero-order valence-corrected chi connectivity index (χ0v) is 11.5. The number of nitrogens with zero attached hydrogens (tertiary/aromatic N) is 2.